The molecule has 3 heterocycles. The minimum atomic E-state index is -0.0481. The summed E-state index contributed by atoms with van der Waals surface area (Å²) < 4.78 is 0. The van der Waals surface area contributed by atoms with Crippen LogP contribution in [0.15, 0.2) is 46.5 Å². The number of hydrogen-bond donors (Lipinski definition) is 0. The van der Waals surface area contributed by atoms with Gasteiger partial charge in [0, 0.05) is 35.3 Å². The minimum absolute atomic E-state index is 0.00155. The van der Waals surface area contributed by atoms with Crippen LogP contribution in [0.25, 0.3) is 0 Å². The number of hydrogen-bond acceptors (Lipinski definition) is 4. The van der Waals surface area contributed by atoms with Gasteiger partial charge < -0.3 is 9.80 Å². The Kier molecular flexibility index (Phi) is 5.15. The van der Waals surface area contributed by atoms with E-state index in [1.54, 1.807) is 17.2 Å². The highest BCUT2D eigenvalue weighted by Crippen LogP contribution is 2.41. The normalized spacial score (nSPS) is 19.3. The van der Waals surface area contributed by atoms with Crippen molar-refractivity contribution < 1.29 is 9.59 Å². The number of amides is 2. The van der Waals surface area contributed by atoms with E-state index < -0.39 is 0 Å². The molecule has 1 fully saturated rings. The molecule has 2 aliphatic heterocycles. The predicted molar refractivity (Wildman–Crippen MR) is 111 cm³/mol. The van der Waals surface area contributed by atoms with Crippen LogP contribution in [0, 0.1) is 0 Å². The van der Waals surface area contributed by atoms with Crippen molar-refractivity contribution in [3.63, 3.8) is 0 Å². The van der Waals surface area contributed by atoms with Gasteiger partial charge in [-0.2, -0.15) is 0 Å². The first-order valence-electron chi connectivity index (χ1n) is 9.89. The van der Waals surface area contributed by atoms with Gasteiger partial charge in [0.1, 0.15) is 5.03 Å². The average Bonchev–Trinajstić information content (AvgIpc) is 2.81. The second kappa shape index (κ2) is 7.59. The standard InChI is InChI=1S/C22H25N3O2S/c1-14(2)25-18-10-9-16(21(26)24-12-5-4-7-15(24)3)13-19(18)28-20-17(22(25)27)8-6-11-23-20/h6,8-11,13-15H,4-5,7,12H2,1-3H3/t15-/m1/s1. The van der Waals surface area contributed by atoms with E-state index in [0.717, 1.165) is 30.0 Å². The summed E-state index contributed by atoms with van der Waals surface area (Å²) >= 11 is 1.46. The molecule has 0 saturated carbocycles. The van der Waals surface area contributed by atoms with Crippen LogP contribution in [0.3, 0.4) is 0 Å². The van der Waals surface area contributed by atoms with Crippen LogP contribution in [-0.4, -0.2) is 40.3 Å². The summed E-state index contributed by atoms with van der Waals surface area (Å²) in [4.78, 5) is 35.4. The maximum absolute atomic E-state index is 13.1. The number of nitrogens with zero attached hydrogens (tertiary/aromatic N) is 3. The molecule has 28 heavy (non-hydrogen) atoms. The van der Waals surface area contributed by atoms with Crippen LogP contribution < -0.4 is 4.90 Å². The molecule has 2 aliphatic rings. The van der Waals surface area contributed by atoms with Gasteiger partial charge >= 0.3 is 0 Å². The van der Waals surface area contributed by atoms with Crippen molar-refractivity contribution >= 4 is 29.3 Å². The summed E-state index contributed by atoms with van der Waals surface area (Å²) in [5.41, 5.74) is 2.12. The summed E-state index contributed by atoms with van der Waals surface area (Å²) in [6.45, 7) is 6.93. The summed E-state index contributed by atoms with van der Waals surface area (Å²) in [5, 5.41) is 0.688. The molecule has 0 N–H and O–H groups in total. The molecule has 1 saturated heterocycles. The molecule has 2 amide bonds. The summed E-state index contributed by atoms with van der Waals surface area (Å²) in [6, 6.07) is 9.57. The smallest absolute Gasteiger partial charge is 0.261 e. The van der Waals surface area contributed by atoms with Crippen LogP contribution in [0.4, 0.5) is 5.69 Å². The van der Waals surface area contributed by atoms with Gasteiger partial charge in [-0.1, -0.05) is 11.8 Å². The summed E-state index contributed by atoms with van der Waals surface area (Å²) in [5.74, 6) is 0.0246. The Morgan fingerprint density at radius 2 is 2.07 bits per heavy atom. The first-order valence-corrected chi connectivity index (χ1v) is 10.7. The van der Waals surface area contributed by atoms with E-state index >= 15 is 0 Å². The molecule has 1 aromatic carbocycles. The van der Waals surface area contributed by atoms with E-state index in [1.165, 1.54) is 18.2 Å². The fourth-order valence-electron chi connectivity index (χ4n) is 3.98. The molecule has 2 aromatic rings. The Morgan fingerprint density at radius 1 is 1.25 bits per heavy atom. The van der Waals surface area contributed by atoms with Crippen LogP contribution in [-0.2, 0) is 0 Å². The van der Waals surface area contributed by atoms with Gasteiger partial charge in [-0.3, -0.25) is 9.59 Å². The van der Waals surface area contributed by atoms with Crippen molar-refractivity contribution in [1.82, 2.24) is 9.88 Å². The first kappa shape index (κ1) is 19.0. The zero-order valence-corrected chi connectivity index (χ0v) is 17.3. The van der Waals surface area contributed by atoms with E-state index in [1.807, 2.05) is 43.0 Å². The van der Waals surface area contributed by atoms with Gasteiger partial charge in [-0.15, -0.1) is 0 Å². The number of fused-ring (bicyclic) bond motifs is 2. The van der Waals surface area contributed by atoms with Gasteiger partial charge in [0.25, 0.3) is 11.8 Å². The van der Waals surface area contributed by atoms with E-state index in [2.05, 4.69) is 11.9 Å². The Balaban J connectivity index is 1.77. The lowest BCUT2D eigenvalue weighted by atomic mass is 10.0. The molecule has 0 bridgehead atoms. The van der Waals surface area contributed by atoms with Gasteiger partial charge in [-0.05, 0) is 70.4 Å². The maximum atomic E-state index is 13.1. The molecule has 4 rings (SSSR count). The number of rotatable bonds is 2. The van der Waals surface area contributed by atoms with E-state index in [0.29, 0.717) is 16.2 Å². The highest BCUT2D eigenvalue weighted by molar-refractivity contribution is 7.99. The zero-order valence-electron chi connectivity index (χ0n) is 16.5. The first-order chi connectivity index (χ1) is 13.5. The number of carbonyl (C=O) groups excluding carboxylic acids is 2. The predicted octanol–water partition coefficient (Wildman–Crippen LogP) is 4.62. The number of anilines is 1. The average molecular weight is 396 g/mol. The number of piperidine rings is 1. The van der Waals surface area contributed by atoms with Gasteiger partial charge in [0.15, 0.2) is 0 Å². The maximum Gasteiger partial charge on any atom is 0.261 e. The number of likely N-dealkylation sites (tertiary alicyclic amines) is 1. The van der Waals surface area contributed by atoms with Gasteiger partial charge in [0.05, 0.1) is 11.3 Å². The van der Waals surface area contributed by atoms with Crippen molar-refractivity contribution in [2.75, 3.05) is 11.4 Å². The molecule has 146 valence electrons. The lowest BCUT2D eigenvalue weighted by molar-refractivity contribution is 0.0635. The molecule has 1 atom stereocenters. The van der Waals surface area contributed by atoms with Crippen LogP contribution >= 0.6 is 11.8 Å². The third kappa shape index (κ3) is 3.30. The van der Waals surface area contributed by atoms with Crippen molar-refractivity contribution in [2.45, 2.75) is 62.0 Å². The highest BCUT2D eigenvalue weighted by Gasteiger charge is 2.31. The van der Waals surface area contributed by atoms with Crippen molar-refractivity contribution in [1.29, 1.82) is 0 Å². The number of benzene rings is 1. The summed E-state index contributed by atoms with van der Waals surface area (Å²) in [6.07, 6.45) is 4.99. The van der Waals surface area contributed by atoms with Crippen molar-refractivity contribution in [2.24, 2.45) is 0 Å². The number of pyridine rings is 1. The molecule has 0 radical (unpaired) electrons. The van der Waals surface area contributed by atoms with Crippen molar-refractivity contribution in [3.8, 4) is 0 Å². The van der Waals surface area contributed by atoms with E-state index in [-0.39, 0.29) is 23.9 Å². The molecule has 6 heteroatoms. The highest BCUT2D eigenvalue weighted by atomic mass is 32.2. The van der Waals surface area contributed by atoms with Crippen LogP contribution in [0.2, 0.25) is 0 Å². The van der Waals surface area contributed by atoms with Crippen LogP contribution in [0.5, 0.6) is 0 Å². The number of aromatic nitrogens is 1. The molecule has 0 aliphatic carbocycles. The lowest BCUT2D eigenvalue weighted by Crippen LogP contribution is -2.42. The molecule has 0 spiro atoms. The third-order valence-electron chi connectivity index (χ3n) is 5.47. The second-order valence-electron chi connectivity index (χ2n) is 7.75. The monoisotopic (exact) mass is 395 g/mol. The topological polar surface area (TPSA) is 53.5 Å². The lowest BCUT2D eigenvalue weighted by Gasteiger charge is -2.33. The van der Waals surface area contributed by atoms with Crippen molar-refractivity contribution in [3.05, 3.63) is 47.7 Å². The largest absolute Gasteiger partial charge is 0.336 e. The molecular formula is C22H25N3O2S. The molecular weight excluding hydrogens is 370 g/mol. The Labute approximate surface area is 170 Å². The Bertz CT molecular complexity index is 928. The molecule has 1 aromatic heterocycles. The van der Waals surface area contributed by atoms with Gasteiger partial charge in [-0.25, -0.2) is 4.98 Å². The second-order valence-corrected chi connectivity index (χ2v) is 8.78. The van der Waals surface area contributed by atoms with E-state index in [4.69, 9.17) is 0 Å². The fraction of sp³-hybridized carbons (Fsp3) is 0.409. The van der Waals surface area contributed by atoms with Gasteiger partial charge in [0.2, 0.25) is 0 Å². The van der Waals surface area contributed by atoms with E-state index in [9.17, 15) is 9.59 Å². The van der Waals surface area contributed by atoms with Crippen LogP contribution in [0.1, 0.15) is 60.7 Å². The quantitative estimate of drug-likeness (QED) is 0.745. The number of carbonyl (C=O) groups is 2. The Hall–Kier alpha value is -2.34. The minimum Gasteiger partial charge on any atom is -0.336 e. The fourth-order valence-corrected chi connectivity index (χ4v) is 5.03. The zero-order chi connectivity index (χ0) is 19.8. The SMILES string of the molecule is CC(C)N1C(=O)c2cccnc2Sc2cc(C(=O)N3CCCC[C@H]3C)ccc21. The third-order valence-corrected chi connectivity index (χ3v) is 6.54. The Morgan fingerprint density at radius 3 is 2.82 bits per heavy atom. The molecule has 5 nitrogen and oxygen atoms in total. The summed E-state index contributed by atoms with van der Waals surface area (Å²) in [7, 11) is 0. The molecule has 0 unspecified atom stereocenters.